The maximum absolute atomic E-state index is 12.6. The molecule has 1 aromatic heterocycles. The van der Waals surface area contributed by atoms with E-state index in [4.69, 9.17) is 10.5 Å². The Bertz CT molecular complexity index is 710. The van der Waals surface area contributed by atoms with E-state index in [1.807, 2.05) is 30.0 Å². The van der Waals surface area contributed by atoms with Crippen molar-refractivity contribution in [2.45, 2.75) is 25.8 Å². The van der Waals surface area contributed by atoms with Gasteiger partial charge < -0.3 is 15.4 Å². The van der Waals surface area contributed by atoms with Gasteiger partial charge in [0.25, 0.3) is 5.91 Å². The second kappa shape index (κ2) is 6.42. The van der Waals surface area contributed by atoms with Crippen LogP contribution >= 0.6 is 0 Å². The number of nitrogens with two attached hydrogens (primary N) is 1. The van der Waals surface area contributed by atoms with Gasteiger partial charge in [-0.05, 0) is 43.5 Å². The van der Waals surface area contributed by atoms with Crippen LogP contribution in [0.2, 0.25) is 0 Å². The number of amides is 1. The Morgan fingerprint density at radius 2 is 2.26 bits per heavy atom. The van der Waals surface area contributed by atoms with Crippen LogP contribution in [0.5, 0.6) is 5.75 Å². The third-order valence-electron chi connectivity index (χ3n) is 4.30. The zero-order valence-corrected chi connectivity index (χ0v) is 13.5. The first-order chi connectivity index (χ1) is 11.1. The van der Waals surface area contributed by atoms with Gasteiger partial charge in [-0.1, -0.05) is 6.07 Å². The van der Waals surface area contributed by atoms with Gasteiger partial charge in [-0.2, -0.15) is 5.10 Å². The van der Waals surface area contributed by atoms with Crippen LogP contribution in [0.3, 0.4) is 0 Å². The van der Waals surface area contributed by atoms with E-state index in [9.17, 15) is 4.79 Å². The van der Waals surface area contributed by atoms with Crippen LogP contribution in [-0.2, 0) is 0 Å². The molecule has 0 radical (unpaired) electrons. The fraction of sp³-hybridized carbons (Fsp3) is 0.412. The normalized spacial score (nSPS) is 17.5. The molecule has 1 atom stereocenters. The SMILES string of the molecule is COc1ccc(C)cc1-n1ccc(C(=O)N2CCC[C@H]2CN)n1. The molecule has 0 bridgehead atoms. The molecule has 6 heteroatoms. The highest BCUT2D eigenvalue weighted by Gasteiger charge is 2.29. The van der Waals surface area contributed by atoms with Crippen LogP contribution in [0.4, 0.5) is 0 Å². The molecular formula is C17H22N4O2. The standard InChI is InChI=1S/C17H22N4O2/c1-12-5-6-16(23-2)15(10-12)21-9-7-14(19-21)17(22)20-8-3-4-13(20)11-18/h5-7,9-10,13H,3-4,8,11,18H2,1-2H3/t13-/m0/s1. The fourth-order valence-electron chi connectivity index (χ4n) is 3.05. The van der Waals surface area contributed by atoms with E-state index >= 15 is 0 Å². The number of aryl methyl sites for hydroxylation is 1. The molecule has 2 aromatic rings. The van der Waals surface area contributed by atoms with Crippen molar-refractivity contribution in [3.05, 3.63) is 41.7 Å². The number of methoxy groups -OCH3 is 1. The highest BCUT2D eigenvalue weighted by Crippen LogP contribution is 2.24. The zero-order valence-electron chi connectivity index (χ0n) is 13.5. The van der Waals surface area contributed by atoms with E-state index in [2.05, 4.69) is 5.10 Å². The van der Waals surface area contributed by atoms with Gasteiger partial charge >= 0.3 is 0 Å². The molecule has 6 nitrogen and oxygen atoms in total. The van der Waals surface area contributed by atoms with E-state index in [0.29, 0.717) is 12.2 Å². The van der Waals surface area contributed by atoms with Gasteiger partial charge in [-0.3, -0.25) is 4.79 Å². The lowest BCUT2D eigenvalue weighted by atomic mass is 10.2. The molecule has 1 amide bonds. The van der Waals surface area contributed by atoms with Crippen molar-refractivity contribution in [3.8, 4) is 11.4 Å². The van der Waals surface area contributed by atoms with Gasteiger partial charge in [0.1, 0.15) is 11.4 Å². The summed E-state index contributed by atoms with van der Waals surface area (Å²) in [5, 5.41) is 4.45. The predicted molar refractivity (Wildman–Crippen MR) is 88.0 cm³/mol. The van der Waals surface area contributed by atoms with Crippen molar-refractivity contribution in [2.75, 3.05) is 20.2 Å². The second-order valence-corrected chi connectivity index (χ2v) is 5.85. The van der Waals surface area contributed by atoms with Crippen LogP contribution in [-0.4, -0.2) is 46.8 Å². The number of nitrogens with zero attached hydrogens (tertiary/aromatic N) is 3. The molecule has 1 fully saturated rings. The minimum atomic E-state index is -0.0525. The Hall–Kier alpha value is -2.34. The molecule has 2 heterocycles. The largest absolute Gasteiger partial charge is 0.494 e. The Morgan fingerprint density at radius 1 is 1.43 bits per heavy atom. The molecule has 0 spiro atoms. The number of carbonyl (C=O) groups is 1. The third-order valence-corrected chi connectivity index (χ3v) is 4.30. The number of carbonyl (C=O) groups excluding carboxylic acids is 1. The Morgan fingerprint density at radius 3 is 3.00 bits per heavy atom. The molecule has 1 aliphatic heterocycles. The molecule has 3 rings (SSSR count). The smallest absolute Gasteiger partial charge is 0.274 e. The van der Waals surface area contributed by atoms with Crippen LogP contribution in [0.1, 0.15) is 28.9 Å². The Kier molecular flexibility index (Phi) is 4.34. The zero-order chi connectivity index (χ0) is 16.4. The van der Waals surface area contributed by atoms with Crippen LogP contribution in [0.25, 0.3) is 5.69 Å². The van der Waals surface area contributed by atoms with E-state index in [1.54, 1.807) is 24.1 Å². The molecule has 0 saturated carbocycles. The van der Waals surface area contributed by atoms with E-state index < -0.39 is 0 Å². The maximum Gasteiger partial charge on any atom is 0.274 e. The number of benzene rings is 1. The number of hydrogen-bond donors (Lipinski definition) is 1. The van der Waals surface area contributed by atoms with Gasteiger partial charge in [0.15, 0.2) is 5.69 Å². The van der Waals surface area contributed by atoms with Gasteiger partial charge in [0.05, 0.1) is 7.11 Å². The summed E-state index contributed by atoms with van der Waals surface area (Å²) in [5.74, 6) is 0.669. The number of hydrogen-bond acceptors (Lipinski definition) is 4. The summed E-state index contributed by atoms with van der Waals surface area (Å²) in [7, 11) is 1.62. The Balaban J connectivity index is 1.89. The highest BCUT2D eigenvalue weighted by molar-refractivity contribution is 5.92. The first-order valence-electron chi connectivity index (χ1n) is 7.85. The minimum absolute atomic E-state index is 0.0525. The van der Waals surface area contributed by atoms with Crippen LogP contribution < -0.4 is 10.5 Å². The molecule has 2 N–H and O–H groups in total. The summed E-state index contributed by atoms with van der Waals surface area (Å²) in [5.41, 5.74) is 8.12. The molecule has 23 heavy (non-hydrogen) atoms. The van der Waals surface area contributed by atoms with Gasteiger partial charge in [-0.25, -0.2) is 4.68 Å². The maximum atomic E-state index is 12.6. The third kappa shape index (κ3) is 2.94. The lowest BCUT2D eigenvalue weighted by Crippen LogP contribution is -2.40. The quantitative estimate of drug-likeness (QED) is 0.933. The molecule has 0 unspecified atom stereocenters. The molecular weight excluding hydrogens is 292 g/mol. The molecule has 0 aliphatic carbocycles. The fourth-order valence-corrected chi connectivity index (χ4v) is 3.05. The highest BCUT2D eigenvalue weighted by atomic mass is 16.5. The molecule has 122 valence electrons. The van der Waals surface area contributed by atoms with Gasteiger partial charge in [0, 0.05) is 25.3 Å². The van der Waals surface area contributed by atoms with Crippen LogP contribution in [0, 0.1) is 6.92 Å². The summed E-state index contributed by atoms with van der Waals surface area (Å²) in [6.45, 7) is 3.26. The summed E-state index contributed by atoms with van der Waals surface area (Å²) in [6, 6.07) is 7.74. The topological polar surface area (TPSA) is 73.4 Å². The summed E-state index contributed by atoms with van der Waals surface area (Å²) < 4.78 is 7.07. The summed E-state index contributed by atoms with van der Waals surface area (Å²) >= 11 is 0. The second-order valence-electron chi connectivity index (χ2n) is 5.85. The van der Waals surface area contributed by atoms with Gasteiger partial charge in [0.2, 0.25) is 0 Å². The lowest BCUT2D eigenvalue weighted by Gasteiger charge is -2.22. The summed E-state index contributed by atoms with van der Waals surface area (Å²) in [4.78, 5) is 14.5. The van der Waals surface area contributed by atoms with Crippen LogP contribution in [0.15, 0.2) is 30.5 Å². The first-order valence-corrected chi connectivity index (χ1v) is 7.85. The van der Waals surface area contributed by atoms with E-state index in [-0.39, 0.29) is 11.9 Å². The van der Waals surface area contributed by atoms with Crippen molar-refractivity contribution in [1.29, 1.82) is 0 Å². The van der Waals surface area contributed by atoms with E-state index in [0.717, 1.165) is 36.4 Å². The van der Waals surface area contributed by atoms with Crippen molar-refractivity contribution in [2.24, 2.45) is 5.73 Å². The monoisotopic (exact) mass is 314 g/mol. The first kappa shape index (κ1) is 15.6. The van der Waals surface area contributed by atoms with Crippen molar-refractivity contribution in [3.63, 3.8) is 0 Å². The summed E-state index contributed by atoms with van der Waals surface area (Å²) in [6.07, 6.45) is 3.76. The minimum Gasteiger partial charge on any atom is -0.494 e. The number of aromatic nitrogens is 2. The average molecular weight is 314 g/mol. The predicted octanol–water partition coefficient (Wildman–Crippen LogP) is 1.75. The molecule has 1 saturated heterocycles. The molecule has 1 aromatic carbocycles. The number of likely N-dealkylation sites (tertiary alicyclic amines) is 1. The molecule has 1 aliphatic rings. The number of rotatable bonds is 4. The van der Waals surface area contributed by atoms with Gasteiger partial charge in [-0.15, -0.1) is 0 Å². The average Bonchev–Trinajstić information content (AvgIpc) is 3.23. The number of ether oxygens (including phenoxy) is 1. The van der Waals surface area contributed by atoms with Crippen molar-refractivity contribution in [1.82, 2.24) is 14.7 Å². The van der Waals surface area contributed by atoms with Crippen molar-refractivity contribution >= 4 is 5.91 Å². The Labute approximate surface area is 135 Å². The lowest BCUT2D eigenvalue weighted by molar-refractivity contribution is 0.0734. The van der Waals surface area contributed by atoms with E-state index in [1.165, 1.54) is 0 Å². The van der Waals surface area contributed by atoms with Crippen molar-refractivity contribution < 1.29 is 9.53 Å².